The van der Waals surface area contributed by atoms with Gasteiger partial charge in [0.05, 0.1) is 22.6 Å². The molecule has 294 valence electrons. The number of hydrogen-bond donors (Lipinski definition) is 0. The van der Waals surface area contributed by atoms with Gasteiger partial charge in [0.25, 0.3) is 0 Å². The van der Waals surface area contributed by atoms with Crippen molar-refractivity contribution in [1.29, 1.82) is 0 Å². The van der Waals surface area contributed by atoms with E-state index in [0.29, 0.717) is 5.82 Å². The molecule has 0 saturated heterocycles. The van der Waals surface area contributed by atoms with Gasteiger partial charge in [-0.25, -0.2) is 15.0 Å². The van der Waals surface area contributed by atoms with Gasteiger partial charge in [-0.05, 0) is 58.1 Å². The lowest BCUT2D eigenvalue weighted by Crippen LogP contribution is -1.96. The first-order valence-electron chi connectivity index (χ1n) is 21.3. The van der Waals surface area contributed by atoms with Gasteiger partial charge in [-0.3, -0.25) is 0 Å². The van der Waals surface area contributed by atoms with Crippen molar-refractivity contribution in [2.24, 2.45) is 0 Å². The third-order valence-corrected chi connectivity index (χ3v) is 12.1. The molecule has 0 saturated carbocycles. The Morgan fingerprint density at radius 1 is 0.286 bits per heavy atom. The number of furan rings is 1. The Morgan fingerprint density at radius 3 is 1.51 bits per heavy atom. The summed E-state index contributed by atoms with van der Waals surface area (Å²) in [6, 6.07) is 78.5. The molecule has 0 unspecified atom stereocenters. The minimum Gasteiger partial charge on any atom is -0.456 e. The fourth-order valence-electron chi connectivity index (χ4n) is 9.03. The number of benzene rings is 9. The Morgan fingerprint density at radius 2 is 0.794 bits per heavy atom. The molecule has 63 heavy (non-hydrogen) atoms. The van der Waals surface area contributed by atoms with Crippen LogP contribution in [0.15, 0.2) is 229 Å². The Hall–Kier alpha value is -8.47. The lowest BCUT2D eigenvalue weighted by molar-refractivity contribution is 0.669. The van der Waals surface area contributed by atoms with Gasteiger partial charge in [0.2, 0.25) is 0 Å². The van der Waals surface area contributed by atoms with Crippen molar-refractivity contribution < 1.29 is 4.42 Å². The van der Waals surface area contributed by atoms with Crippen LogP contribution in [0.1, 0.15) is 0 Å². The van der Waals surface area contributed by atoms with Crippen molar-refractivity contribution in [1.82, 2.24) is 15.0 Å². The van der Waals surface area contributed by atoms with E-state index in [1.54, 1.807) is 0 Å². The largest absolute Gasteiger partial charge is 0.456 e. The normalized spacial score (nSPS) is 11.5. The van der Waals surface area contributed by atoms with Crippen LogP contribution < -0.4 is 0 Å². The highest BCUT2D eigenvalue weighted by molar-refractivity contribution is 6.27. The molecular formula is C59H37N3O. The number of pyridine rings is 1. The first-order valence-corrected chi connectivity index (χ1v) is 21.3. The number of para-hydroxylation sites is 2. The Kier molecular flexibility index (Phi) is 8.79. The first kappa shape index (κ1) is 36.4. The van der Waals surface area contributed by atoms with Gasteiger partial charge < -0.3 is 4.42 Å². The van der Waals surface area contributed by atoms with E-state index in [4.69, 9.17) is 19.4 Å². The molecule has 3 aromatic heterocycles. The van der Waals surface area contributed by atoms with Gasteiger partial charge in [0, 0.05) is 54.7 Å². The third kappa shape index (κ3) is 6.53. The zero-order chi connectivity index (χ0) is 41.7. The number of nitrogens with zero attached hydrogens (tertiary/aromatic N) is 3. The van der Waals surface area contributed by atoms with Crippen molar-refractivity contribution in [2.45, 2.75) is 0 Å². The fraction of sp³-hybridized carbons (Fsp3) is 0. The quantitative estimate of drug-likeness (QED) is 0.151. The number of rotatable bonds is 7. The molecule has 0 amide bonds. The topological polar surface area (TPSA) is 51.8 Å². The van der Waals surface area contributed by atoms with Gasteiger partial charge in [-0.1, -0.05) is 194 Å². The molecule has 3 heterocycles. The lowest BCUT2D eigenvalue weighted by Gasteiger charge is -2.16. The average Bonchev–Trinajstić information content (AvgIpc) is 3.74. The molecule has 0 aliphatic carbocycles. The van der Waals surface area contributed by atoms with E-state index in [9.17, 15) is 0 Å². The second kappa shape index (κ2) is 15.2. The summed E-state index contributed by atoms with van der Waals surface area (Å²) < 4.78 is 6.65. The molecule has 4 heteroatoms. The van der Waals surface area contributed by atoms with Gasteiger partial charge in [0.15, 0.2) is 5.82 Å². The highest BCUT2D eigenvalue weighted by atomic mass is 16.3. The summed E-state index contributed by atoms with van der Waals surface area (Å²) >= 11 is 0. The minimum absolute atomic E-state index is 0.689. The summed E-state index contributed by atoms with van der Waals surface area (Å²) in [6.07, 6.45) is 0. The van der Waals surface area contributed by atoms with Crippen LogP contribution in [-0.4, -0.2) is 15.0 Å². The molecule has 0 radical (unpaired) electrons. The molecule has 0 bridgehead atoms. The van der Waals surface area contributed by atoms with Crippen LogP contribution in [0, 0.1) is 0 Å². The molecule has 0 aliphatic rings. The van der Waals surface area contributed by atoms with Crippen LogP contribution in [0.3, 0.4) is 0 Å². The van der Waals surface area contributed by atoms with Gasteiger partial charge in [-0.15, -0.1) is 0 Å². The standard InChI is InChI=1S/C59H37N3O/c1-4-15-38(16-5-1)39-29-33-44(34-30-39)59-61-51(41-17-6-2-7-18-41)37-52(62-59)42-31-27-40(28-32-42)45-21-14-22-46(35-45)55-56-47-23-10-12-25-50(47)60-58(43-19-8-3-9-20-43)49(56)36-54-57(55)48-24-11-13-26-53(48)63-54/h1-37H. The van der Waals surface area contributed by atoms with Crippen molar-refractivity contribution in [3.63, 3.8) is 0 Å². The SMILES string of the molecule is c1ccc(-c2ccc(-c3nc(-c4ccccc4)cc(-c4ccc(-c5cccc(-c6c7c(cc8c(-c9ccccc9)nc9ccccc9c68)oc6ccccc67)c5)cc4)n3)cc2)cc1. The maximum atomic E-state index is 6.65. The zero-order valence-electron chi connectivity index (χ0n) is 34.1. The molecule has 12 aromatic rings. The summed E-state index contributed by atoms with van der Waals surface area (Å²) in [5, 5.41) is 5.52. The molecule has 9 aromatic carbocycles. The van der Waals surface area contributed by atoms with Crippen molar-refractivity contribution in [3.8, 4) is 78.5 Å². The summed E-state index contributed by atoms with van der Waals surface area (Å²) in [6.45, 7) is 0. The van der Waals surface area contributed by atoms with Crippen molar-refractivity contribution >= 4 is 43.6 Å². The van der Waals surface area contributed by atoms with Crippen LogP contribution in [0.2, 0.25) is 0 Å². The van der Waals surface area contributed by atoms with E-state index in [1.165, 1.54) is 5.56 Å². The molecule has 0 fully saturated rings. The van der Waals surface area contributed by atoms with E-state index in [1.807, 2.05) is 36.4 Å². The molecule has 0 aliphatic heterocycles. The highest BCUT2D eigenvalue weighted by Gasteiger charge is 2.22. The maximum Gasteiger partial charge on any atom is 0.160 e. The van der Waals surface area contributed by atoms with Crippen molar-refractivity contribution in [2.75, 3.05) is 0 Å². The predicted octanol–water partition coefficient (Wildman–Crippen LogP) is 15.7. The first-order chi connectivity index (χ1) is 31.2. The van der Waals surface area contributed by atoms with E-state index in [2.05, 4.69) is 188 Å². The number of fused-ring (bicyclic) bond motifs is 6. The predicted molar refractivity (Wildman–Crippen MR) is 260 cm³/mol. The smallest absolute Gasteiger partial charge is 0.160 e. The van der Waals surface area contributed by atoms with Crippen LogP contribution in [0.5, 0.6) is 0 Å². The molecule has 4 nitrogen and oxygen atoms in total. The van der Waals surface area contributed by atoms with E-state index >= 15 is 0 Å². The summed E-state index contributed by atoms with van der Waals surface area (Å²) in [4.78, 5) is 15.5. The monoisotopic (exact) mass is 803 g/mol. The minimum atomic E-state index is 0.689. The van der Waals surface area contributed by atoms with Crippen LogP contribution >= 0.6 is 0 Å². The molecule has 0 spiro atoms. The van der Waals surface area contributed by atoms with E-state index < -0.39 is 0 Å². The lowest BCUT2D eigenvalue weighted by atomic mass is 9.88. The van der Waals surface area contributed by atoms with Crippen LogP contribution in [-0.2, 0) is 0 Å². The van der Waals surface area contributed by atoms with E-state index in [0.717, 1.165) is 111 Å². The van der Waals surface area contributed by atoms with Crippen LogP contribution in [0.25, 0.3) is 122 Å². The molecular weight excluding hydrogens is 767 g/mol. The maximum absolute atomic E-state index is 6.65. The highest BCUT2D eigenvalue weighted by Crippen LogP contribution is 2.47. The third-order valence-electron chi connectivity index (χ3n) is 12.1. The fourth-order valence-corrected chi connectivity index (χ4v) is 9.03. The number of aromatic nitrogens is 3. The Bertz CT molecular complexity index is 3640. The average molecular weight is 804 g/mol. The summed E-state index contributed by atoms with van der Waals surface area (Å²) in [5.41, 5.74) is 16.3. The van der Waals surface area contributed by atoms with Crippen LogP contribution in [0.4, 0.5) is 0 Å². The van der Waals surface area contributed by atoms with Crippen molar-refractivity contribution in [3.05, 3.63) is 224 Å². The van der Waals surface area contributed by atoms with Gasteiger partial charge >= 0.3 is 0 Å². The van der Waals surface area contributed by atoms with Gasteiger partial charge in [0.1, 0.15) is 11.2 Å². The van der Waals surface area contributed by atoms with Gasteiger partial charge in [-0.2, -0.15) is 0 Å². The Labute approximate surface area is 364 Å². The molecule has 0 N–H and O–H groups in total. The molecule has 0 atom stereocenters. The van der Waals surface area contributed by atoms with E-state index in [-0.39, 0.29) is 0 Å². The second-order valence-corrected chi connectivity index (χ2v) is 15.9. The second-order valence-electron chi connectivity index (χ2n) is 15.9. The zero-order valence-corrected chi connectivity index (χ0v) is 34.1. The number of hydrogen-bond acceptors (Lipinski definition) is 4. The summed E-state index contributed by atoms with van der Waals surface area (Å²) in [7, 11) is 0. The summed E-state index contributed by atoms with van der Waals surface area (Å²) in [5.74, 6) is 0.689. The Balaban J connectivity index is 0.989. The molecule has 12 rings (SSSR count).